The molecule has 20 heavy (non-hydrogen) atoms. The Labute approximate surface area is 129 Å². The second-order valence-corrected chi connectivity index (χ2v) is 5.92. The van der Waals surface area contributed by atoms with Gasteiger partial charge in [-0.15, -0.1) is 0 Å². The highest BCUT2D eigenvalue weighted by atomic mass is 35.5. The van der Waals surface area contributed by atoms with Gasteiger partial charge in [0.1, 0.15) is 0 Å². The van der Waals surface area contributed by atoms with Crippen molar-refractivity contribution in [2.45, 2.75) is 6.42 Å². The van der Waals surface area contributed by atoms with Crippen LogP contribution in [0, 0.1) is 5.92 Å². The molecule has 0 unspecified atom stereocenters. The van der Waals surface area contributed by atoms with Gasteiger partial charge in [0.25, 0.3) is 0 Å². The molecule has 0 saturated carbocycles. The summed E-state index contributed by atoms with van der Waals surface area (Å²) in [4.78, 5) is 13.9. The van der Waals surface area contributed by atoms with E-state index in [2.05, 4.69) is 5.32 Å². The molecule has 0 spiro atoms. The summed E-state index contributed by atoms with van der Waals surface area (Å²) in [5.74, 6) is 0.461. The van der Waals surface area contributed by atoms with E-state index in [1.807, 2.05) is 11.9 Å². The highest BCUT2D eigenvalue weighted by molar-refractivity contribution is 6.42. The van der Waals surface area contributed by atoms with E-state index in [4.69, 9.17) is 27.9 Å². The first-order valence-electron chi connectivity index (χ1n) is 6.56. The van der Waals surface area contributed by atoms with E-state index in [0.29, 0.717) is 28.2 Å². The van der Waals surface area contributed by atoms with E-state index in [1.54, 1.807) is 18.2 Å². The molecule has 1 aromatic rings. The predicted octanol–water partition coefficient (Wildman–Crippen LogP) is 2.90. The van der Waals surface area contributed by atoms with Crippen LogP contribution in [-0.4, -0.2) is 44.2 Å². The van der Waals surface area contributed by atoms with Gasteiger partial charge in [-0.2, -0.15) is 0 Å². The zero-order valence-corrected chi connectivity index (χ0v) is 12.9. The zero-order valence-electron chi connectivity index (χ0n) is 11.4. The number of anilines is 1. The van der Waals surface area contributed by atoms with Crippen molar-refractivity contribution in [1.82, 2.24) is 4.90 Å². The molecular weight excluding hydrogens is 299 g/mol. The van der Waals surface area contributed by atoms with Crippen molar-refractivity contribution in [2.75, 3.05) is 38.7 Å². The van der Waals surface area contributed by atoms with Crippen LogP contribution >= 0.6 is 23.2 Å². The number of halogens is 2. The summed E-state index contributed by atoms with van der Waals surface area (Å²) >= 11 is 11.7. The molecule has 0 aliphatic carbocycles. The minimum absolute atomic E-state index is 0.0650. The Kier molecular flexibility index (Phi) is 5.66. The maximum Gasteiger partial charge on any atom is 0.238 e. The molecule has 1 saturated heterocycles. The van der Waals surface area contributed by atoms with Crippen LogP contribution in [0.1, 0.15) is 6.42 Å². The van der Waals surface area contributed by atoms with Crippen LogP contribution in [0.3, 0.4) is 0 Å². The number of rotatable bonds is 5. The Morgan fingerprint density at radius 1 is 1.45 bits per heavy atom. The molecule has 110 valence electrons. The third-order valence-corrected chi connectivity index (χ3v) is 3.95. The van der Waals surface area contributed by atoms with Crippen LogP contribution in [0.4, 0.5) is 5.69 Å². The summed E-state index contributed by atoms with van der Waals surface area (Å²) in [5.41, 5.74) is 0.655. The van der Waals surface area contributed by atoms with Crippen molar-refractivity contribution in [3.8, 4) is 0 Å². The molecule has 0 aromatic heterocycles. The van der Waals surface area contributed by atoms with Crippen LogP contribution in [0.25, 0.3) is 0 Å². The number of hydrogen-bond donors (Lipinski definition) is 1. The number of benzene rings is 1. The van der Waals surface area contributed by atoms with E-state index in [0.717, 1.165) is 26.2 Å². The Hall–Kier alpha value is -0.810. The molecular formula is C14H18Cl2N2O2. The minimum Gasteiger partial charge on any atom is -0.381 e. The van der Waals surface area contributed by atoms with E-state index >= 15 is 0 Å². The van der Waals surface area contributed by atoms with Crippen LogP contribution in [0.2, 0.25) is 10.0 Å². The van der Waals surface area contributed by atoms with Crippen LogP contribution in [0.5, 0.6) is 0 Å². The van der Waals surface area contributed by atoms with Gasteiger partial charge in [0.15, 0.2) is 0 Å². The van der Waals surface area contributed by atoms with E-state index in [1.165, 1.54) is 0 Å². The second kappa shape index (κ2) is 7.27. The monoisotopic (exact) mass is 316 g/mol. The molecule has 4 nitrogen and oxygen atoms in total. The van der Waals surface area contributed by atoms with Crippen LogP contribution in [-0.2, 0) is 9.53 Å². The molecule has 1 amide bonds. The largest absolute Gasteiger partial charge is 0.381 e. The lowest BCUT2D eigenvalue weighted by Crippen LogP contribution is -2.33. The minimum atomic E-state index is -0.0650. The van der Waals surface area contributed by atoms with Gasteiger partial charge in [0.05, 0.1) is 23.2 Å². The summed E-state index contributed by atoms with van der Waals surface area (Å²) in [7, 11) is 1.94. The van der Waals surface area contributed by atoms with Crippen LogP contribution in [0.15, 0.2) is 18.2 Å². The Balaban J connectivity index is 1.80. The topological polar surface area (TPSA) is 41.6 Å². The summed E-state index contributed by atoms with van der Waals surface area (Å²) in [6, 6.07) is 5.04. The lowest BCUT2D eigenvalue weighted by molar-refractivity contribution is -0.117. The highest BCUT2D eigenvalue weighted by Crippen LogP contribution is 2.24. The fourth-order valence-electron chi connectivity index (χ4n) is 2.25. The number of amides is 1. The fourth-order valence-corrected chi connectivity index (χ4v) is 2.55. The van der Waals surface area contributed by atoms with Gasteiger partial charge in [0, 0.05) is 18.8 Å². The van der Waals surface area contributed by atoms with Gasteiger partial charge in [-0.1, -0.05) is 23.2 Å². The normalized spacial score (nSPS) is 18.5. The second-order valence-electron chi connectivity index (χ2n) is 5.10. The van der Waals surface area contributed by atoms with Crippen LogP contribution < -0.4 is 5.32 Å². The molecule has 2 rings (SSSR count). The summed E-state index contributed by atoms with van der Waals surface area (Å²) < 4.78 is 5.33. The average molecular weight is 317 g/mol. The summed E-state index contributed by atoms with van der Waals surface area (Å²) in [6.07, 6.45) is 1.07. The van der Waals surface area contributed by atoms with E-state index in [-0.39, 0.29) is 5.91 Å². The number of carbonyl (C=O) groups is 1. The number of carbonyl (C=O) groups excluding carboxylic acids is 1. The third kappa shape index (κ3) is 4.63. The predicted molar refractivity (Wildman–Crippen MR) is 81.5 cm³/mol. The lowest BCUT2D eigenvalue weighted by Gasteiger charge is -2.19. The Morgan fingerprint density at radius 2 is 2.25 bits per heavy atom. The summed E-state index contributed by atoms with van der Waals surface area (Å²) in [6.45, 7) is 2.83. The van der Waals surface area contributed by atoms with E-state index < -0.39 is 0 Å². The lowest BCUT2D eigenvalue weighted by atomic mass is 10.1. The zero-order chi connectivity index (χ0) is 14.5. The molecule has 1 aliphatic rings. The summed E-state index contributed by atoms with van der Waals surface area (Å²) in [5, 5.41) is 3.72. The first-order valence-corrected chi connectivity index (χ1v) is 7.31. The molecule has 1 fully saturated rings. The van der Waals surface area contributed by atoms with Crippen molar-refractivity contribution >= 4 is 34.8 Å². The maximum atomic E-state index is 11.9. The first-order chi connectivity index (χ1) is 9.54. The molecule has 1 aliphatic heterocycles. The molecule has 0 bridgehead atoms. The van der Waals surface area contributed by atoms with Gasteiger partial charge < -0.3 is 10.1 Å². The maximum absolute atomic E-state index is 11.9. The molecule has 1 heterocycles. The fraction of sp³-hybridized carbons (Fsp3) is 0.500. The number of ether oxygens (including phenoxy) is 1. The van der Waals surface area contributed by atoms with Gasteiger partial charge in [-0.3, -0.25) is 9.69 Å². The molecule has 1 aromatic carbocycles. The van der Waals surface area contributed by atoms with Gasteiger partial charge in [-0.25, -0.2) is 0 Å². The quantitative estimate of drug-likeness (QED) is 0.908. The third-order valence-electron chi connectivity index (χ3n) is 3.21. The molecule has 0 radical (unpaired) electrons. The first kappa shape index (κ1) is 15.6. The standard InChI is InChI=1S/C14H18Cl2N2O2/c1-18(7-10-4-5-20-9-10)8-14(19)17-11-2-3-12(15)13(16)6-11/h2-3,6,10H,4-5,7-9H2,1H3,(H,17,19)/t10-/m0/s1. The highest BCUT2D eigenvalue weighted by Gasteiger charge is 2.18. The van der Waals surface area contributed by atoms with Gasteiger partial charge >= 0.3 is 0 Å². The number of hydrogen-bond acceptors (Lipinski definition) is 3. The SMILES string of the molecule is CN(CC(=O)Nc1ccc(Cl)c(Cl)c1)C[C@@H]1CCOC1. The smallest absolute Gasteiger partial charge is 0.238 e. The Bertz CT molecular complexity index is 476. The Morgan fingerprint density at radius 3 is 2.90 bits per heavy atom. The van der Waals surface area contributed by atoms with Crippen molar-refractivity contribution in [1.29, 1.82) is 0 Å². The number of nitrogens with one attached hydrogen (secondary N) is 1. The molecule has 1 N–H and O–H groups in total. The van der Waals surface area contributed by atoms with Crippen molar-refractivity contribution < 1.29 is 9.53 Å². The van der Waals surface area contributed by atoms with Gasteiger partial charge in [-0.05, 0) is 37.6 Å². The molecule has 1 atom stereocenters. The number of likely N-dealkylation sites (N-methyl/N-ethyl adjacent to an activating group) is 1. The molecule has 6 heteroatoms. The van der Waals surface area contributed by atoms with Gasteiger partial charge in [0.2, 0.25) is 5.91 Å². The number of nitrogens with zero attached hydrogens (tertiary/aromatic N) is 1. The van der Waals surface area contributed by atoms with Crippen molar-refractivity contribution in [2.24, 2.45) is 5.92 Å². The average Bonchev–Trinajstić information content (AvgIpc) is 2.86. The van der Waals surface area contributed by atoms with Crippen molar-refractivity contribution in [3.63, 3.8) is 0 Å². The van der Waals surface area contributed by atoms with E-state index in [9.17, 15) is 4.79 Å². The van der Waals surface area contributed by atoms with Crippen molar-refractivity contribution in [3.05, 3.63) is 28.2 Å².